The third-order valence-electron chi connectivity index (χ3n) is 3.91. The van der Waals surface area contributed by atoms with Gasteiger partial charge in [0.1, 0.15) is 13.4 Å². The number of rotatable bonds is 9. The van der Waals surface area contributed by atoms with Gasteiger partial charge in [0.05, 0.1) is 11.6 Å². The summed E-state index contributed by atoms with van der Waals surface area (Å²) in [5.41, 5.74) is 0.761. The van der Waals surface area contributed by atoms with Gasteiger partial charge in [-0.05, 0) is 31.9 Å². The fourth-order valence-electron chi connectivity index (χ4n) is 2.46. The number of amides is 1. The monoisotopic (exact) mass is 403 g/mol. The molecule has 1 N–H and O–H groups in total. The Morgan fingerprint density at radius 1 is 1.00 bits per heavy atom. The number of nitrogens with one attached hydrogen (secondary N) is 1. The Bertz CT molecular complexity index is 777. The Labute approximate surface area is 170 Å². The van der Waals surface area contributed by atoms with Gasteiger partial charge >= 0.3 is 12.1 Å². The van der Waals surface area contributed by atoms with Crippen molar-refractivity contribution in [1.82, 2.24) is 5.32 Å². The molecule has 6 nitrogen and oxygen atoms in total. The molecule has 0 saturated carbocycles. The Hall–Kier alpha value is -2.77. The molecule has 1 amide bonds. The van der Waals surface area contributed by atoms with Crippen molar-refractivity contribution in [2.75, 3.05) is 6.79 Å². The predicted octanol–water partition coefficient (Wildman–Crippen LogP) is 4.31. The van der Waals surface area contributed by atoms with Crippen molar-refractivity contribution in [2.45, 2.75) is 45.1 Å². The topological polar surface area (TPSA) is 73.9 Å². The summed E-state index contributed by atoms with van der Waals surface area (Å²) in [4.78, 5) is 23.9. The second-order valence-corrected chi connectivity index (χ2v) is 7.36. The molecule has 0 radical (unpaired) electrons. The summed E-state index contributed by atoms with van der Waals surface area (Å²) >= 11 is 0. The fraction of sp³-hybridized carbons (Fsp3) is 0.364. The molecule has 0 aromatic heterocycles. The van der Waals surface area contributed by atoms with E-state index in [1.165, 1.54) is 0 Å². The first-order valence-corrected chi connectivity index (χ1v) is 9.23. The lowest BCUT2D eigenvalue weighted by molar-refractivity contribution is -0.171. The summed E-state index contributed by atoms with van der Waals surface area (Å²) in [6.45, 7) is 5.13. The Morgan fingerprint density at radius 2 is 1.59 bits per heavy atom. The van der Waals surface area contributed by atoms with Gasteiger partial charge in [-0.15, -0.1) is 0 Å². The minimum Gasteiger partial charge on any atom is -0.445 e. The molecular weight excluding hydrogens is 377 g/mol. The average molecular weight is 403 g/mol. The van der Waals surface area contributed by atoms with Crippen molar-refractivity contribution in [2.24, 2.45) is 0 Å². The number of benzene rings is 2. The van der Waals surface area contributed by atoms with Gasteiger partial charge in [0.2, 0.25) is 0 Å². The zero-order valence-corrected chi connectivity index (χ0v) is 16.8. The molecule has 0 saturated heterocycles. The number of hydrogen-bond acceptors (Lipinski definition) is 5. The SMILES string of the molecule is CC(C)(C)OCO[C@@H](C(=O)F)[C@@H](NC(=O)OCc1ccccc1)c1ccccc1. The van der Waals surface area contributed by atoms with Crippen LogP contribution in [0.4, 0.5) is 9.18 Å². The maximum Gasteiger partial charge on any atom is 0.408 e. The Kier molecular flexibility index (Phi) is 8.30. The summed E-state index contributed by atoms with van der Waals surface area (Å²) in [6.07, 6.45) is -2.38. The zero-order valence-electron chi connectivity index (χ0n) is 16.8. The van der Waals surface area contributed by atoms with E-state index in [9.17, 15) is 14.0 Å². The standard InChI is InChI=1S/C22H26FNO5/c1-22(2,3)29-15-28-19(20(23)25)18(17-12-8-5-9-13-17)24-21(26)27-14-16-10-6-4-7-11-16/h4-13,18-19H,14-15H2,1-3H3,(H,24,26)/t18-,19+/m0/s1. The van der Waals surface area contributed by atoms with Gasteiger partial charge < -0.3 is 19.5 Å². The van der Waals surface area contributed by atoms with Crippen molar-refractivity contribution < 1.29 is 28.2 Å². The third kappa shape index (κ3) is 8.01. The zero-order chi connectivity index (χ0) is 21.3. The van der Waals surface area contributed by atoms with Crippen molar-refractivity contribution in [3.8, 4) is 0 Å². The molecule has 2 atom stereocenters. The molecular formula is C22H26FNO5. The van der Waals surface area contributed by atoms with Crippen LogP contribution in [0.2, 0.25) is 0 Å². The van der Waals surface area contributed by atoms with Gasteiger partial charge in [0, 0.05) is 0 Å². The molecule has 29 heavy (non-hydrogen) atoms. The van der Waals surface area contributed by atoms with Gasteiger partial charge in [-0.1, -0.05) is 60.7 Å². The summed E-state index contributed by atoms with van der Waals surface area (Å²) in [5, 5.41) is 2.53. The number of alkyl carbamates (subject to hydrolysis) is 1. The van der Waals surface area contributed by atoms with Crippen molar-refractivity contribution in [3.63, 3.8) is 0 Å². The number of halogens is 1. The van der Waals surface area contributed by atoms with Crippen LogP contribution in [0.5, 0.6) is 0 Å². The number of carbonyl (C=O) groups is 2. The largest absolute Gasteiger partial charge is 0.445 e. The summed E-state index contributed by atoms with van der Waals surface area (Å²) in [5.74, 6) is 0. The minimum atomic E-state index is -1.72. The van der Waals surface area contributed by atoms with Crippen LogP contribution in [-0.4, -0.2) is 30.6 Å². The lowest BCUT2D eigenvalue weighted by Crippen LogP contribution is -2.42. The maximum atomic E-state index is 13.8. The number of carbonyl (C=O) groups excluding carboxylic acids is 2. The van der Waals surface area contributed by atoms with Crippen LogP contribution in [0.1, 0.15) is 37.9 Å². The van der Waals surface area contributed by atoms with Crippen LogP contribution in [0.3, 0.4) is 0 Å². The molecule has 0 aliphatic heterocycles. The molecule has 2 aromatic carbocycles. The van der Waals surface area contributed by atoms with Crippen LogP contribution >= 0.6 is 0 Å². The van der Waals surface area contributed by atoms with E-state index in [1.807, 2.05) is 30.3 Å². The highest BCUT2D eigenvalue weighted by Crippen LogP contribution is 2.22. The Balaban J connectivity index is 2.10. The average Bonchev–Trinajstić information content (AvgIpc) is 2.69. The van der Waals surface area contributed by atoms with Crippen LogP contribution < -0.4 is 5.32 Å². The molecule has 0 bridgehead atoms. The summed E-state index contributed by atoms with van der Waals surface area (Å²) in [6, 6.07) is 14.8. The highest BCUT2D eigenvalue weighted by molar-refractivity contribution is 5.76. The van der Waals surface area contributed by atoms with Crippen molar-refractivity contribution in [3.05, 3.63) is 71.8 Å². The van der Waals surface area contributed by atoms with E-state index in [0.717, 1.165) is 5.56 Å². The number of hydrogen-bond donors (Lipinski definition) is 1. The second-order valence-electron chi connectivity index (χ2n) is 7.36. The van der Waals surface area contributed by atoms with E-state index >= 15 is 0 Å². The van der Waals surface area contributed by atoms with E-state index in [2.05, 4.69) is 5.32 Å². The predicted molar refractivity (Wildman–Crippen MR) is 106 cm³/mol. The van der Waals surface area contributed by atoms with Crippen LogP contribution in [0, 0.1) is 0 Å². The third-order valence-corrected chi connectivity index (χ3v) is 3.91. The highest BCUT2D eigenvalue weighted by atomic mass is 19.1. The molecule has 0 fully saturated rings. The molecule has 2 aromatic rings. The molecule has 7 heteroatoms. The van der Waals surface area contributed by atoms with Crippen LogP contribution in [-0.2, 0) is 25.6 Å². The van der Waals surface area contributed by atoms with Gasteiger partial charge in [-0.3, -0.25) is 4.79 Å². The van der Waals surface area contributed by atoms with E-state index in [-0.39, 0.29) is 13.4 Å². The smallest absolute Gasteiger partial charge is 0.408 e. The van der Waals surface area contributed by atoms with Crippen molar-refractivity contribution >= 4 is 12.1 Å². The lowest BCUT2D eigenvalue weighted by Gasteiger charge is -2.27. The first-order valence-electron chi connectivity index (χ1n) is 9.23. The van der Waals surface area contributed by atoms with Gasteiger partial charge in [-0.2, -0.15) is 4.39 Å². The minimum absolute atomic E-state index is 0.0381. The van der Waals surface area contributed by atoms with E-state index in [1.54, 1.807) is 51.1 Å². The first-order chi connectivity index (χ1) is 13.8. The molecule has 0 aliphatic carbocycles. The Morgan fingerprint density at radius 3 is 2.14 bits per heavy atom. The molecule has 0 unspecified atom stereocenters. The first kappa shape index (κ1) is 22.5. The van der Waals surface area contributed by atoms with E-state index < -0.39 is 29.9 Å². The molecule has 0 aliphatic rings. The molecule has 0 spiro atoms. The second kappa shape index (κ2) is 10.7. The van der Waals surface area contributed by atoms with Crippen LogP contribution in [0.25, 0.3) is 0 Å². The quantitative estimate of drug-likeness (QED) is 0.499. The molecule has 0 heterocycles. The summed E-state index contributed by atoms with van der Waals surface area (Å²) < 4.78 is 29.8. The summed E-state index contributed by atoms with van der Waals surface area (Å²) in [7, 11) is 0. The van der Waals surface area contributed by atoms with Crippen molar-refractivity contribution in [1.29, 1.82) is 0 Å². The maximum absolute atomic E-state index is 13.8. The normalized spacial score (nSPS) is 13.4. The molecule has 2 rings (SSSR count). The van der Waals surface area contributed by atoms with Crippen LogP contribution in [0.15, 0.2) is 60.7 Å². The van der Waals surface area contributed by atoms with Gasteiger partial charge in [0.15, 0.2) is 6.10 Å². The van der Waals surface area contributed by atoms with Gasteiger partial charge in [-0.25, -0.2) is 4.79 Å². The lowest BCUT2D eigenvalue weighted by atomic mass is 10.0. The highest BCUT2D eigenvalue weighted by Gasteiger charge is 2.33. The van der Waals surface area contributed by atoms with Gasteiger partial charge in [0.25, 0.3) is 0 Å². The number of ether oxygens (including phenoxy) is 3. The van der Waals surface area contributed by atoms with E-state index in [0.29, 0.717) is 5.56 Å². The van der Waals surface area contributed by atoms with E-state index in [4.69, 9.17) is 14.2 Å². The molecule has 156 valence electrons. The fourth-order valence-corrected chi connectivity index (χ4v) is 2.46.